The van der Waals surface area contributed by atoms with Gasteiger partial charge < -0.3 is 9.47 Å². The first kappa shape index (κ1) is 93.0. The van der Waals surface area contributed by atoms with Crippen LogP contribution in [0.3, 0.4) is 0 Å². The molecule has 0 bridgehead atoms. The Balaban J connectivity index is 0.000000174. The first-order valence-corrected chi connectivity index (χ1v) is 70.7. The molecule has 4 aromatic carbocycles. The second-order valence-corrected chi connectivity index (χ2v) is 75.3. The van der Waals surface area contributed by atoms with Gasteiger partial charge in [0.15, 0.2) is 23.3 Å². The van der Waals surface area contributed by atoms with Crippen molar-refractivity contribution in [1.82, 2.24) is 30.0 Å². The van der Waals surface area contributed by atoms with Crippen LogP contribution in [0.25, 0.3) is 114 Å². The van der Waals surface area contributed by atoms with Gasteiger partial charge in [-0.25, -0.2) is 17.6 Å². The average molecular weight is 2100 g/mol. The number of aryl methyl sites for hydroxylation is 4. The third-order valence-electron chi connectivity index (χ3n) is 21.0. The molecular formula is C92H114Br2F4N6O4S8Sn2. The van der Waals surface area contributed by atoms with Gasteiger partial charge in [0, 0.05) is 49.8 Å². The number of halogens is 6. The topological polar surface area (TPSA) is 98.3 Å². The van der Waals surface area contributed by atoms with Crippen molar-refractivity contribution in [2.45, 2.75) is 252 Å². The van der Waals surface area contributed by atoms with Crippen LogP contribution in [0.2, 0.25) is 29.6 Å². The van der Waals surface area contributed by atoms with Gasteiger partial charge in [-0.1, -0.05) is 130 Å². The first-order valence-electron chi connectivity index (χ1n) is 42.6. The van der Waals surface area contributed by atoms with E-state index in [9.17, 15) is 0 Å². The van der Waals surface area contributed by atoms with E-state index >= 15 is 17.6 Å². The molecule has 10 heterocycles. The van der Waals surface area contributed by atoms with Gasteiger partial charge in [0.05, 0.1) is 65.5 Å². The summed E-state index contributed by atoms with van der Waals surface area (Å²) in [5.41, 5.74) is 2.35. The van der Waals surface area contributed by atoms with E-state index in [1.807, 2.05) is 66.0 Å². The molecule has 0 N–H and O–H groups in total. The van der Waals surface area contributed by atoms with Gasteiger partial charge in [-0.3, -0.25) is 0 Å². The molecule has 0 spiro atoms. The number of aromatic nitrogens is 6. The Morgan fingerprint density at radius 3 is 0.966 bits per heavy atom. The molecule has 14 rings (SSSR count). The number of fused-ring (bicyclic) bond motifs is 6. The average Bonchev–Trinajstić information content (AvgIpc) is 1.59. The van der Waals surface area contributed by atoms with E-state index in [1.165, 1.54) is 147 Å². The molecule has 0 amide bonds. The maximum atomic E-state index is 16.5. The summed E-state index contributed by atoms with van der Waals surface area (Å²) in [5.74, 6) is 0.542. The van der Waals surface area contributed by atoms with Crippen molar-refractivity contribution in [2.24, 2.45) is 0 Å². The summed E-state index contributed by atoms with van der Waals surface area (Å²) in [6.45, 7) is 21.5. The van der Waals surface area contributed by atoms with Crippen molar-refractivity contribution in [2.75, 3.05) is 26.4 Å². The number of nitrogens with zero attached hydrogens (tertiary/aromatic N) is 6. The molecule has 0 radical (unpaired) electrons. The molecular weight excluding hydrogens is 1980 g/mol. The van der Waals surface area contributed by atoms with Crippen molar-refractivity contribution in [3.05, 3.63) is 113 Å². The molecule has 14 aromatic rings. The van der Waals surface area contributed by atoms with Gasteiger partial charge in [-0.05, 0) is 132 Å². The van der Waals surface area contributed by atoms with Crippen LogP contribution < -0.4 is 24.7 Å². The van der Waals surface area contributed by atoms with Crippen molar-refractivity contribution in [3.63, 3.8) is 0 Å². The molecule has 0 saturated heterocycles. The molecule has 634 valence electrons. The van der Waals surface area contributed by atoms with Crippen LogP contribution >= 0.6 is 123 Å². The number of rotatable bonds is 41. The Labute approximate surface area is 752 Å². The summed E-state index contributed by atoms with van der Waals surface area (Å²) in [6, 6.07) is 24.2. The van der Waals surface area contributed by atoms with Crippen LogP contribution in [0.1, 0.15) is 205 Å². The minimum atomic E-state index is -2.20. The van der Waals surface area contributed by atoms with E-state index in [0.29, 0.717) is 67.9 Å². The van der Waals surface area contributed by atoms with E-state index in [2.05, 4.69) is 144 Å². The molecule has 10 nitrogen and oxygen atoms in total. The summed E-state index contributed by atoms with van der Waals surface area (Å²) in [7, 11) is 0. The predicted octanol–water partition coefficient (Wildman–Crippen LogP) is 32.8. The van der Waals surface area contributed by atoms with Crippen molar-refractivity contribution < 1.29 is 36.5 Å². The number of hydrogen-bond donors (Lipinski definition) is 0. The van der Waals surface area contributed by atoms with E-state index < -0.39 is 60.0 Å². The molecule has 26 heteroatoms. The summed E-state index contributed by atoms with van der Waals surface area (Å²) in [5, 5.41) is 23.7. The molecule has 0 atom stereocenters. The maximum absolute atomic E-state index is 16.5. The normalized spacial score (nSPS) is 12.1. The Bertz CT molecular complexity index is 5390. The van der Waals surface area contributed by atoms with E-state index in [0.717, 1.165) is 156 Å². The number of hydrogen-bond acceptors (Lipinski definition) is 16. The van der Waals surface area contributed by atoms with E-state index in [1.54, 1.807) is 50.2 Å². The summed E-state index contributed by atoms with van der Waals surface area (Å²) in [4.78, 5) is 25.1. The molecule has 0 saturated carbocycles. The molecule has 0 aliphatic rings. The summed E-state index contributed by atoms with van der Waals surface area (Å²) < 4.78 is 99.5. The van der Waals surface area contributed by atoms with E-state index in [-0.39, 0.29) is 22.3 Å². The zero-order chi connectivity index (χ0) is 84.0. The molecule has 0 aliphatic carbocycles. The Morgan fingerprint density at radius 2 is 0.619 bits per heavy atom. The van der Waals surface area contributed by atoms with Crippen LogP contribution in [0.5, 0.6) is 23.0 Å². The van der Waals surface area contributed by atoms with Crippen LogP contribution in [0.15, 0.2) is 80.4 Å². The van der Waals surface area contributed by atoms with Crippen molar-refractivity contribution >= 4 is 228 Å². The SMILES string of the molecule is CCCCCCCCCCn1nc2c(-c3ccc(Br)s3)c(F)c(F)c(-c3ccc(Br)s3)c2n1.CCCCCCCCCCn1nc2c(-c3ccc(C)s3)c(F)c(F)c(-c3ccc(-c4cc5c(OCCCC)c6sc(C)cc6c(OCCCC)c5s4)s3)c2n1.CCCCOc1c2c[c]([Sn]([CH3])([CH3])[CH3])sc2c(OCCCC)c2c[c]([Sn]([CH3])([CH3])[CH3])sc12. The summed E-state index contributed by atoms with van der Waals surface area (Å²) >= 11 is 15.4. The van der Waals surface area contributed by atoms with Crippen LogP contribution in [0.4, 0.5) is 17.6 Å². The number of unbranched alkanes of at least 4 members (excludes halogenated alkanes) is 18. The second kappa shape index (κ2) is 43.6. The Kier molecular flexibility index (Phi) is 34.4. The Morgan fingerprint density at radius 1 is 0.314 bits per heavy atom. The molecule has 10 aromatic heterocycles. The third-order valence-corrected chi connectivity index (χ3v) is 49.9. The fourth-order valence-electron chi connectivity index (χ4n) is 14.4. The van der Waals surface area contributed by atoms with Gasteiger partial charge in [0.1, 0.15) is 33.6 Å². The number of thiophene rings is 8. The van der Waals surface area contributed by atoms with Gasteiger partial charge in [-0.15, -0.1) is 68.0 Å². The van der Waals surface area contributed by atoms with Gasteiger partial charge in [0.2, 0.25) is 0 Å². The zero-order valence-electron chi connectivity index (χ0n) is 71.0. The predicted molar refractivity (Wildman–Crippen MR) is 519 cm³/mol. The van der Waals surface area contributed by atoms with Crippen molar-refractivity contribution in [3.8, 4) is 74.5 Å². The first-order chi connectivity index (χ1) is 56.9. The molecule has 0 fully saturated rings. The van der Waals surface area contributed by atoms with Crippen molar-refractivity contribution in [1.29, 1.82) is 0 Å². The zero-order valence-corrected chi connectivity index (χ0v) is 86.4. The van der Waals surface area contributed by atoms with Gasteiger partial charge >= 0.3 is 201 Å². The molecule has 118 heavy (non-hydrogen) atoms. The monoisotopic (exact) mass is 2100 g/mol. The fourth-order valence-corrected chi connectivity index (χ4v) is 34.2. The Hall–Kier alpha value is -4.20. The van der Waals surface area contributed by atoms with Crippen LogP contribution in [0, 0.1) is 37.1 Å². The molecule has 0 unspecified atom stereocenters. The van der Waals surface area contributed by atoms with Crippen LogP contribution in [-0.2, 0) is 13.1 Å². The quantitative estimate of drug-likeness (QED) is 0.0212. The van der Waals surface area contributed by atoms with Crippen LogP contribution in [-0.4, -0.2) is 93.2 Å². The third kappa shape index (κ3) is 22.4. The van der Waals surface area contributed by atoms with Gasteiger partial charge in [0.25, 0.3) is 0 Å². The van der Waals surface area contributed by atoms with Gasteiger partial charge in [-0.2, -0.15) is 30.0 Å². The number of ether oxygens (including phenoxy) is 4. The minimum absolute atomic E-state index is 0.173. The number of benzene rings is 4. The summed E-state index contributed by atoms with van der Waals surface area (Å²) in [6.07, 6.45) is 27.7. The van der Waals surface area contributed by atoms with E-state index in [4.69, 9.17) is 29.1 Å². The second-order valence-electron chi connectivity index (χ2n) is 32.8. The standard InChI is InChI=1S/C44H51F2N3O2S4.C24H25Br2F2N3S2.C18H20O2S2.6CH3.2Sn/c1-6-9-12-13-14-15-16-17-22-49-47-39-35(32-19-18-27(4)52-32)37(45)38(46)36(40(39)48-49)33-21-20-31(54-33)34-26-30-42(51-24-11-8-3)43-29(25-28(5)53-43)41(44(30)55-34)50-23-10-7-2;1-2-3-4-5-6-7-8-9-14-31-29-23-19(15-10-12-17(25)32-15)21(27)22(28)20(24(23)30-31)16-11-13-18(26)33-16;1-3-5-9-19-15-13-7-11-22-18(13)16(20-10-6-4-2)14-8-12-21-17(14)15;;;;;;;;/h18-21,25-26H,6-17,22-24H2,1-5H3;10-13H,2-9,14H2,1H3;7-8H,3-6,9-10H2,1-2H3;6*1H3;;. The molecule has 0 aliphatic heterocycles. The fraction of sp³-hybridized carbons (Fsp3) is 0.478.